The van der Waals surface area contributed by atoms with Crippen molar-refractivity contribution in [1.82, 2.24) is 10.6 Å². The van der Waals surface area contributed by atoms with E-state index in [1.54, 1.807) is 0 Å². The third kappa shape index (κ3) is 6.16. The van der Waals surface area contributed by atoms with Gasteiger partial charge in [0.1, 0.15) is 6.54 Å². The number of hydrogen-bond donors (Lipinski definition) is 2. The summed E-state index contributed by atoms with van der Waals surface area (Å²) in [5.41, 5.74) is -0.373. The molecule has 2 amide bonds. The van der Waals surface area contributed by atoms with Gasteiger partial charge in [-0.25, -0.2) is 0 Å². The molecule has 3 atom stereocenters. The lowest BCUT2D eigenvalue weighted by atomic mass is 9.86. The van der Waals surface area contributed by atoms with Crippen molar-refractivity contribution < 1.29 is 28.8 Å². The molecule has 0 aliphatic heterocycles. The Morgan fingerprint density at radius 2 is 1.97 bits per heavy atom. The van der Waals surface area contributed by atoms with Crippen molar-refractivity contribution in [3.8, 4) is 5.75 Å². The monoisotopic (exact) mass is 421 g/mol. The third-order valence-electron chi connectivity index (χ3n) is 5.15. The first kappa shape index (κ1) is 23.1. The summed E-state index contributed by atoms with van der Waals surface area (Å²) in [7, 11) is 1.28. The first-order valence-corrected chi connectivity index (χ1v) is 9.83. The Kier molecular flexibility index (Phi) is 8.14. The van der Waals surface area contributed by atoms with Gasteiger partial charge in [-0.15, -0.1) is 0 Å². The number of rotatable bonds is 8. The Morgan fingerprint density at radius 3 is 2.60 bits per heavy atom. The van der Waals surface area contributed by atoms with E-state index in [-0.39, 0.29) is 28.9 Å². The van der Waals surface area contributed by atoms with E-state index >= 15 is 0 Å². The molecule has 10 heteroatoms. The van der Waals surface area contributed by atoms with E-state index in [1.165, 1.54) is 26.2 Å². The maximum Gasteiger partial charge on any atom is 0.326 e. The molecule has 1 saturated carbocycles. The lowest BCUT2D eigenvalue weighted by molar-refractivity contribution is -0.385. The van der Waals surface area contributed by atoms with Crippen LogP contribution in [0.4, 0.5) is 5.69 Å². The summed E-state index contributed by atoms with van der Waals surface area (Å²) in [5.74, 6) is -1.46. The summed E-state index contributed by atoms with van der Waals surface area (Å²) in [6.07, 6.45) is 3.16. The van der Waals surface area contributed by atoms with Crippen molar-refractivity contribution in [3.05, 3.63) is 33.9 Å². The third-order valence-corrected chi connectivity index (χ3v) is 5.15. The number of ether oxygens (including phenoxy) is 2. The van der Waals surface area contributed by atoms with Gasteiger partial charge in [-0.1, -0.05) is 19.8 Å². The number of carbonyl (C=O) groups excluding carboxylic acids is 3. The molecule has 0 saturated heterocycles. The quantitative estimate of drug-likeness (QED) is 0.372. The van der Waals surface area contributed by atoms with E-state index in [1.807, 2.05) is 0 Å². The number of nitrogens with zero attached hydrogens (tertiary/aromatic N) is 1. The molecule has 164 valence electrons. The van der Waals surface area contributed by atoms with Crippen LogP contribution in [0.5, 0.6) is 5.75 Å². The molecular formula is C20H27N3O7. The van der Waals surface area contributed by atoms with E-state index in [4.69, 9.17) is 9.47 Å². The first-order chi connectivity index (χ1) is 14.2. The van der Waals surface area contributed by atoms with Crippen LogP contribution in [0.3, 0.4) is 0 Å². The highest BCUT2D eigenvalue weighted by Crippen LogP contribution is 2.27. The molecule has 0 bridgehead atoms. The van der Waals surface area contributed by atoms with Gasteiger partial charge in [0, 0.05) is 17.7 Å². The molecule has 0 spiro atoms. The second-order valence-electron chi connectivity index (χ2n) is 7.34. The SMILES string of the molecule is COc1ccc(C(=O)NCC(=O)O[C@H](C)C(=O)N[C@@H]2CCCC[C@H]2C)cc1[N+](=O)[O-]. The van der Waals surface area contributed by atoms with Crippen molar-refractivity contribution in [2.45, 2.75) is 51.7 Å². The maximum atomic E-state index is 12.3. The number of carbonyl (C=O) groups is 3. The zero-order valence-electron chi connectivity index (χ0n) is 17.3. The molecule has 0 radical (unpaired) electrons. The predicted molar refractivity (Wildman–Crippen MR) is 107 cm³/mol. The standard InChI is InChI=1S/C20H27N3O7/c1-12-6-4-5-7-15(12)22-19(25)13(2)30-18(24)11-21-20(26)14-8-9-17(29-3)16(10-14)23(27)28/h8-10,12-13,15H,4-7,11H2,1-3H3,(H,21,26)(H,22,25)/t12-,13-,15-/m1/s1. The maximum absolute atomic E-state index is 12.3. The van der Waals surface area contributed by atoms with Gasteiger partial charge < -0.3 is 20.1 Å². The van der Waals surface area contributed by atoms with Crippen LogP contribution in [-0.4, -0.2) is 48.5 Å². The Morgan fingerprint density at radius 1 is 1.27 bits per heavy atom. The number of nitro benzene ring substituents is 1. The molecule has 30 heavy (non-hydrogen) atoms. The molecule has 0 heterocycles. The Bertz CT molecular complexity index is 812. The fourth-order valence-electron chi connectivity index (χ4n) is 3.35. The van der Waals surface area contributed by atoms with E-state index in [2.05, 4.69) is 17.6 Å². The molecule has 2 rings (SSSR count). The summed E-state index contributed by atoms with van der Waals surface area (Å²) in [4.78, 5) is 46.8. The minimum atomic E-state index is -0.995. The molecule has 1 fully saturated rings. The van der Waals surface area contributed by atoms with E-state index < -0.39 is 29.4 Å². The van der Waals surface area contributed by atoms with Crippen molar-refractivity contribution in [2.24, 2.45) is 5.92 Å². The van der Waals surface area contributed by atoms with E-state index in [0.29, 0.717) is 5.92 Å². The summed E-state index contributed by atoms with van der Waals surface area (Å²) in [6, 6.07) is 3.76. The lowest BCUT2D eigenvalue weighted by Crippen LogP contribution is -2.46. The molecular weight excluding hydrogens is 394 g/mol. The number of nitro groups is 1. The summed E-state index contributed by atoms with van der Waals surface area (Å²) in [5, 5.41) is 16.3. The van der Waals surface area contributed by atoms with Crippen molar-refractivity contribution in [3.63, 3.8) is 0 Å². The van der Waals surface area contributed by atoms with Crippen LogP contribution >= 0.6 is 0 Å². The molecule has 0 aromatic heterocycles. The first-order valence-electron chi connectivity index (χ1n) is 9.83. The van der Waals surface area contributed by atoms with Gasteiger partial charge in [0.25, 0.3) is 11.8 Å². The molecule has 10 nitrogen and oxygen atoms in total. The smallest absolute Gasteiger partial charge is 0.326 e. The molecule has 1 aliphatic rings. The summed E-state index contributed by atoms with van der Waals surface area (Å²) < 4.78 is 9.96. The number of amides is 2. The van der Waals surface area contributed by atoms with Crippen molar-refractivity contribution in [1.29, 1.82) is 0 Å². The van der Waals surface area contributed by atoms with Crippen LogP contribution in [0.2, 0.25) is 0 Å². The fourth-order valence-corrected chi connectivity index (χ4v) is 3.35. The van der Waals surface area contributed by atoms with Crippen LogP contribution in [0.25, 0.3) is 0 Å². The molecule has 1 aliphatic carbocycles. The highest BCUT2D eigenvalue weighted by Gasteiger charge is 2.26. The van der Waals surface area contributed by atoms with Gasteiger partial charge in [-0.2, -0.15) is 0 Å². The topological polar surface area (TPSA) is 137 Å². The number of benzene rings is 1. The number of methoxy groups -OCH3 is 1. The zero-order valence-corrected chi connectivity index (χ0v) is 17.3. The van der Waals surface area contributed by atoms with E-state index in [9.17, 15) is 24.5 Å². The highest BCUT2D eigenvalue weighted by atomic mass is 16.6. The van der Waals surface area contributed by atoms with Crippen molar-refractivity contribution in [2.75, 3.05) is 13.7 Å². The van der Waals surface area contributed by atoms with Gasteiger partial charge in [0.2, 0.25) is 0 Å². The largest absolute Gasteiger partial charge is 0.490 e. The second-order valence-corrected chi connectivity index (χ2v) is 7.34. The minimum Gasteiger partial charge on any atom is -0.490 e. The van der Waals surface area contributed by atoms with E-state index in [0.717, 1.165) is 31.7 Å². The molecule has 1 aromatic carbocycles. The van der Waals surface area contributed by atoms with Gasteiger partial charge in [0.15, 0.2) is 11.9 Å². The number of nitrogens with one attached hydrogen (secondary N) is 2. The molecule has 0 unspecified atom stereocenters. The van der Waals surface area contributed by atoms with Gasteiger partial charge in [-0.3, -0.25) is 24.5 Å². The highest BCUT2D eigenvalue weighted by molar-refractivity contribution is 5.97. The average molecular weight is 421 g/mol. The minimum absolute atomic E-state index is 0.00706. The van der Waals surface area contributed by atoms with Crippen molar-refractivity contribution >= 4 is 23.5 Å². The zero-order chi connectivity index (χ0) is 22.3. The average Bonchev–Trinajstić information content (AvgIpc) is 2.72. The normalized spacial score (nSPS) is 19.3. The van der Waals surface area contributed by atoms with Gasteiger partial charge >= 0.3 is 11.7 Å². The van der Waals surface area contributed by atoms with Crippen LogP contribution in [0, 0.1) is 16.0 Å². The van der Waals surface area contributed by atoms with Gasteiger partial charge in [0.05, 0.1) is 12.0 Å². The van der Waals surface area contributed by atoms with Crippen LogP contribution in [0.1, 0.15) is 49.9 Å². The molecule has 2 N–H and O–H groups in total. The van der Waals surface area contributed by atoms with Gasteiger partial charge in [-0.05, 0) is 37.8 Å². The Hall–Kier alpha value is -3.17. The fraction of sp³-hybridized carbons (Fsp3) is 0.550. The second kappa shape index (κ2) is 10.6. The molecule has 1 aromatic rings. The Balaban J connectivity index is 1.84. The van der Waals surface area contributed by atoms with Crippen LogP contribution < -0.4 is 15.4 Å². The predicted octanol–water partition coefficient (Wildman–Crippen LogP) is 1.96. The number of esters is 1. The van der Waals surface area contributed by atoms with Crippen LogP contribution in [-0.2, 0) is 14.3 Å². The Labute approximate surface area is 174 Å². The lowest BCUT2D eigenvalue weighted by Gasteiger charge is -2.30. The summed E-state index contributed by atoms with van der Waals surface area (Å²) >= 11 is 0. The van der Waals surface area contributed by atoms with Crippen LogP contribution in [0.15, 0.2) is 18.2 Å². The number of hydrogen-bond acceptors (Lipinski definition) is 7. The summed E-state index contributed by atoms with van der Waals surface area (Å²) in [6.45, 7) is 3.07.